The first-order chi connectivity index (χ1) is 12.7. The van der Waals surface area contributed by atoms with Crippen molar-refractivity contribution in [2.75, 3.05) is 26.2 Å². The van der Waals surface area contributed by atoms with Gasteiger partial charge in [-0.1, -0.05) is 30.3 Å². The third kappa shape index (κ3) is 3.13. The summed E-state index contributed by atoms with van der Waals surface area (Å²) in [5.41, 5.74) is 0.693. The Bertz CT molecular complexity index is 746. The molecule has 2 saturated heterocycles. The van der Waals surface area contributed by atoms with Crippen LogP contribution in [0.2, 0.25) is 0 Å². The first-order valence-electron chi connectivity index (χ1n) is 9.40. The fourth-order valence-electron chi connectivity index (χ4n) is 4.32. The number of nitrogens with zero attached hydrogens (tertiary/aromatic N) is 3. The van der Waals surface area contributed by atoms with Gasteiger partial charge >= 0.3 is 0 Å². The molecular formula is C21H25N3O2. The molecule has 0 radical (unpaired) electrons. The summed E-state index contributed by atoms with van der Waals surface area (Å²) in [5.74, 6) is 0.0201. The van der Waals surface area contributed by atoms with E-state index in [0.717, 1.165) is 31.5 Å². The molecule has 0 bridgehead atoms. The number of hydrogen-bond donors (Lipinski definition) is 1. The molecule has 3 heterocycles. The average molecular weight is 351 g/mol. The summed E-state index contributed by atoms with van der Waals surface area (Å²) < 4.78 is 0. The Hall–Kier alpha value is -2.24. The van der Waals surface area contributed by atoms with Gasteiger partial charge in [0.05, 0.1) is 6.04 Å². The van der Waals surface area contributed by atoms with Crippen molar-refractivity contribution < 1.29 is 9.90 Å². The fraction of sp³-hybridized carbons (Fsp3) is 0.429. The lowest BCUT2D eigenvalue weighted by molar-refractivity contribution is -0.0878. The predicted molar refractivity (Wildman–Crippen MR) is 99.7 cm³/mol. The molecule has 0 saturated carbocycles. The van der Waals surface area contributed by atoms with Crippen molar-refractivity contribution in [3.8, 4) is 0 Å². The molecule has 4 rings (SSSR count). The highest BCUT2D eigenvalue weighted by Gasteiger charge is 2.47. The van der Waals surface area contributed by atoms with Crippen molar-refractivity contribution >= 4 is 5.91 Å². The minimum Gasteiger partial charge on any atom is -0.383 e. The molecule has 26 heavy (non-hydrogen) atoms. The molecule has 5 heteroatoms. The maximum absolute atomic E-state index is 12.9. The maximum Gasteiger partial charge on any atom is 0.254 e. The van der Waals surface area contributed by atoms with Crippen molar-refractivity contribution in [1.29, 1.82) is 0 Å². The van der Waals surface area contributed by atoms with E-state index < -0.39 is 5.60 Å². The van der Waals surface area contributed by atoms with E-state index in [1.54, 1.807) is 24.5 Å². The molecule has 0 spiro atoms. The number of carbonyl (C=O) groups excluding carboxylic acids is 1. The lowest BCUT2D eigenvalue weighted by Crippen LogP contribution is -2.61. The number of piperidine rings is 1. The van der Waals surface area contributed by atoms with Gasteiger partial charge in [0.25, 0.3) is 5.91 Å². The van der Waals surface area contributed by atoms with Crippen LogP contribution in [-0.4, -0.2) is 58.0 Å². The smallest absolute Gasteiger partial charge is 0.254 e. The summed E-state index contributed by atoms with van der Waals surface area (Å²) in [6, 6.07) is 13.4. The quantitative estimate of drug-likeness (QED) is 0.922. The zero-order valence-corrected chi connectivity index (χ0v) is 14.9. The van der Waals surface area contributed by atoms with Crippen molar-refractivity contribution in [3.63, 3.8) is 0 Å². The molecule has 2 aromatic rings. The van der Waals surface area contributed by atoms with Crippen molar-refractivity contribution in [2.45, 2.75) is 30.9 Å². The third-order valence-corrected chi connectivity index (χ3v) is 5.78. The van der Waals surface area contributed by atoms with Gasteiger partial charge < -0.3 is 10.0 Å². The van der Waals surface area contributed by atoms with Crippen LogP contribution in [0.4, 0.5) is 0 Å². The lowest BCUT2D eigenvalue weighted by atomic mass is 9.79. The monoisotopic (exact) mass is 351 g/mol. The zero-order chi connectivity index (χ0) is 18.0. The molecule has 2 unspecified atom stereocenters. The van der Waals surface area contributed by atoms with Crippen LogP contribution in [0.25, 0.3) is 0 Å². The number of pyridine rings is 1. The fourth-order valence-corrected chi connectivity index (χ4v) is 4.32. The molecule has 2 aliphatic heterocycles. The number of likely N-dealkylation sites (tertiary alicyclic amines) is 2. The van der Waals surface area contributed by atoms with Crippen LogP contribution in [0.5, 0.6) is 0 Å². The van der Waals surface area contributed by atoms with Crippen molar-refractivity contribution in [1.82, 2.24) is 14.8 Å². The first kappa shape index (κ1) is 17.2. The van der Waals surface area contributed by atoms with E-state index >= 15 is 0 Å². The number of aliphatic hydroxyl groups is 1. The highest BCUT2D eigenvalue weighted by atomic mass is 16.3. The largest absolute Gasteiger partial charge is 0.383 e. The molecule has 1 N–H and O–H groups in total. The minimum absolute atomic E-state index is 0.0201. The number of carbonyl (C=O) groups is 1. The Morgan fingerprint density at radius 3 is 2.42 bits per heavy atom. The molecule has 2 aliphatic rings. The summed E-state index contributed by atoms with van der Waals surface area (Å²) in [4.78, 5) is 21.1. The van der Waals surface area contributed by atoms with E-state index in [2.05, 4.69) is 9.88 Å². The van der Waals surface area contributed by atoms with Crippen molar-refractivity contribution in [3.05, 3.63) is 66.0 Å². The van der Waals surface area contributed by atoms with Gasteiger partial charge in [0.1, 0.15) is 5.60 Å². The van der Waals surface area contributed by atoms with Gasteiger partial charge in [0, 0.05) is 31.0 Å². The third-order valence-electron chi connectivity index (χ3n) is 5.78. The average Bonchev–Trinajstić information content (AvgIpc) is 3.24. The number of hydrogen-bond acceptors (Lipinski definition) is 4. The molecule has 1 aromatic heterocycles. The predicted octanol–water partition coefficient (Wildman–Crippen LogP) is 2.28. The van der Waals surface area contributed by atoms with E-state index in [1.807, 2.05) is 35.2 Å². The number of rotatable bonds is 3. The zero-order valence-electron chi connectivity index (χ0n) is 14.9. The van der Waals surface area contributed by atoms with Crippen LogP contribution in [0.3, 0.4) is 0 Å². The van der Waals surface area contributed by atoms with Gasteiger partial charge in [-0.15, -0.1) is 0 Å². The second kappa shape index (κ2) is 7.17. The van der Waals surface area contributed by atoms with E-state index in [9.17, 15) is 9.90 Å². The molecule has 1 aromatic carbocycles. The molecule has 0 aliphatic carbocycles. The highest BCUT2D eigenvalue weighted by molar-refractivity contribution is 5.94. The Morgan fingerprint density at radius 1 is 1.04 bits per heavy atom. The van der Waals surface area contributed by atoms with E-state index in [-0.39, 0.29) is 11.9 Å². The van der Waals surface area contributed by atoms with Crippen LogP contribution in [0, 0.1) is 0 Å². The van der Waals surface area contributed by atoms with Gasteiger partial charge in [0.15, 0.2) is 0 Å². The lowest BCUT2D eigenvalue weighted by Gasteiger charge is -2.48. The molecule has 136 valence electrons. The topological polar surface area (TPSA) is 56.7 Å². The Kier molecular flexibility index (Phi) is 4.74. The SMILES string of the molecule is O=C(c1ccncc1)N1CCC(O)(c2ccccc2)C(N2CCCC2)C1. The summed E-state index contributed by atoms with van der Waals surface area (Å²) in [6.45, 7) is 3.07. The van der Waals surface area contributed by atoms with Gasteiger partial charge in [-0.25, -0.2) is 0 Å². The van der Waals surface area contributed by atoms with Crippen molar-refractivity contribution in [2.24, 2.45) is 0 Å². The van der Waals surface area contributed by atoms with E-state index in [1.165, 1.54) is 0 Å². The van der Waals surface area contributed by atoms with Crippen LogP contribution in [0.15, 0.2) is 54.9 Å². The maximum atomic E-state index is 12.9. The standard InChI is InChI=1S/C21H25N3O2/c25-20(17-8-11-22-12-9-17)24-15-10-21(26,18-6-2-1-3-7-18)19(16-24)23-13-4-5-14-23/h1-3,6-9,11-12,19,26H,4-5,10,13-16H2. The highest BCUT2D eigenvalue weighted by Crippen LogP contribution is 2.37. The van der Waals surface area contributed by atoms with Crippen LogP contribution in [0.1, 0.15) is 35.2 Å². The number of benzene rings is 1. The molecule has 5 nitrogen and oxygen atoms in total. The number of aromatic nitrogens is 1. The van der Waals surface area contributed by atoms with E-state index in [0.29, 0.717) is 25.1 Å². The molecular weight excluding hydrogens is 326 g/mol. The summed E-state index contributed by atoms with van der Waals surface area (Å²) in [5, 5.41) is 11.6. The Labute approximate surface area is 154 Å². The van der Waals surface area contributed by atoms with Gasteiger partial charge in [0.2, 0.25) is 0 Å². The second-order valence-electron chi connectivity index (χ2n) is 7.29. The van der Waals surface area contributed by atoms with Crippen LogP contribution >= 0.6 is 0 Å². The van der Waals surface area contributed by atoms with E-state index in [4.69, 9.17) is 0 Å². The summed E-state index contributed by atoms with van der Waals surface area (Å²) in [7, 11) is 0. The molecule has 2 fully saturated rings. The summed E-state index contributed by atoms with van der Waals surface area (Å²) >= 11 is 0. The van der Waals surface area contributed by atoms with Crippen LogP contribution < -0.4 is 0 Å². The van der Waals surface area contributed by atoms with Gasteiger partial charge in [-0.2, -0.15) is 0 Å². The summed E-state index contributed by atoms with van der Waals surface area (Å²) in [6.07, 6.45) is 6.15. The Morgan fingerprint density at radius 2 is 1.73 bits per heavy atom. The molecule has 1 amide bonds. The number of amides is 1. The molecule has 2 atom stereocenters. The minimum atomic E-state index is -0.916. The van der Waals surface area contributed by atoms with Gasteiger partial charge in [-0.3, -0.25) is 14.7 Å². The van der Waals surface area contributed by atoms with Gasteiger partial charge in [-0.05, 0) is 50.0 Å². The normalized spacial score (nSPS) is 26.8. The second-order valence-corrected chi connectivity index (χ2v) is 7.29. The van der Waals surface area contributed by atoms with Crippen LogP contribution in [-0.2, 0) is 5.60 Å². The first-order valence-corrected chi connectivity index (χ1v) is 9.40. The Balaban J connectivity index is 1.62.